The minimum absolute atomic E-state index is 0.0532. The largest absolute Gasteiger partial charge is 0.490 e. The van der Waals surface area contributed by atoms with Crippen molar-refractivity contribution in [3.05, 3.63) is 78.3 Å². The molecule has 0 saturated heterocycles. The predicted molar refractivity (Wildman–Crippen MR) is 134 cm³/mol. The number of rotatable bonds is 13. The lowest BCUT2D eigenvalue weighted by Gasteiger charge is -2.23. The Morgan fingerprint density at radius 3 is 2.40 bits per heavy atom. The molecule has 0 saturated carbocycles. The van der Waals surface area contributed by atoms with Crippen molar-refractivity contribution in [2.75, 3.05) is 31.6 Å². The van der Waals surface area contributed by atoms with Gasteiger partial charge in [-0.2, -0.15) is 0 Å². The molecule has 2 aromatic carbocycles. The summed E-state index contributed by atoms with van der Waals surface area (Å²) in [6, 6.07) is 18.3. The zero-order chi connectivity index (χ0) is 25.0. The van der Waals surface area contributed by atoms with Crippen molar-refractivity contribution in [2.45, 2.75) is 33.4 Å². The number of anilines is 1. The smallest absolute Gasteiger partial charge is 0.244 e. The van der Waals surface area contributed by atoms with Crippen molar-refractivity contribution in [3.8, 4) is 11.5 Å². The van der Waals surface area contributed by atoms with Gasteiger partial charge in [0.2, 0.25) is 11.8 Å². The second-order valence-electron chi connectivity index (χ2n) is 7.92. The Hall–Kier alpha value is -3.78. The van der Waals surface area contributed by atoms with Crippen LogP contribution in [0.1, 0.15) is 38.1 Å². The van der Waals surface area contributed by atoms with E-state index in [-0.39, 0.29) is 37.5 Å². The van der Waals surface area contributed by atoms with Crippen molar-refractivity contribution in [2.24, 2.45) is 0 Å². The van der Waals surface area contributed by atoms with Gasteiger partial charge in [0.15, 0.2) is 11.5 Å². The Labute approximate surface area is 206 Å². The van der Waals surface area contributed by atoms with E-state index in [1.165, 1.54) is 4.90 Å². The molecule has 0 aliphatic carbocycles. The molecule has 0 radical (unpaired) electrons. The SMILES string of the molecule is CCOc1ccc([C@@H](C)NCC(=O)N(CC(=O)Nc2ccccc2)Cc2ccco2)cc1OCC. The van der Waals surface area contributed by atoms with E-state index in [1.807, 2.05) is 57.2 Å². The molecule has 3 aromatic rings. The Bertz CT molecular complexity index is 1070. The van der Waals surface area contributed by atoms with E-state index >= 15 is 0 Å². The summed E-state index contributed by atoms with van der Waals surface area (Å²) in [6.45, 7) is 7.04. The fourth-order valence-corrected chi connectivity index (χ4v) is 3.53. The molecule has 8 heteroatoms. The van der Waals surface area contributed by atoms with Crippen LogP contribution in [0, 0.1) is 0 Å². The molecule has 35 heavy (non-hydrogen) atoms. The molecule has 1 heterocycles. The molecule has 0 spiro atoms. The van der Waals surface area contributed by atoms with Crippen molar-refractivity contribution in [1.82, 2.24) is 10.2 Å². The predicted octanol–water partition coefficient (Wildman–Crippen LogP) is 4.40. The van der Waals surface area contributed by atoms with Gasteiger partial charge in [0.25, 0.3) is 0 Å². The van der Waals surface area contributed by atoms with E-state index in [9.17, 15) is 9.59 Å². The van der Waals surface area contributed by atoms with Gasteiger partial charge in [-0.05, 0) is 62.7 Å². The topological polar surface area (TPSA) is 93.0 Å². The Kier molecular flexibility index (Phi) is 9.74. The third kappa shape index (κ3) is 7.89. The van der Waals surface area contributed by atoms with Crippen LogP contribution in [0.4, 0.5) is 5.69 Å². The minimum Gasteiger partial charge on any atom is -0.490 e. The van der Waals surface area contributed by atoms with Gasteiger partial charge in [-0.15, -0.1) is 0 Å². The molecule has 0 fully saturated rings. The molecule has 1 aromatic heterocycles. The number of hydrogen-bond donors (Lipinski definition) is 2. The van der Waals surface area contributed by atoms with E-state index in [2.05, 4.69) is 10.6 Å². The molecule has 3 rings (SSSR count). The van der Waals surface area contributed by atoms with E-state index in [0.717, 1.165) is 5.56 Å². The molecule has 2 amide bonds. The summed E-state index contributed by atoms with van der Waals surface area (Å²) in [6.07, 6.45) is 1.55. The first-order valence-corrected chi connectivity index (χ1v) is 11.8. The van der Waals surface area contributed by atoms with Gasteiger partial charge in [-0.25, -0.2) is 0 Å². The first-order chi connectivity index (χ1) is 17.0. The third-order valence-corrected chi connectivity index (χ3v) is 5.30. The highest BCUT2D eigenvalue weighted by Crippen LogP contribution is 2.30. The lowest BCUT2D eigenvalue weighted by molar-refractivity contribution is -0.134. The molecule has 0 bridgehead atoms. The minimum atomic E-state index is -0.281. The van der Waals surface area contributed by atoms with Crippen molar-refractivity contribution < 1.29 is 23.5 Å². The highest BCUT2D eigenvalue weighted by atomic mass is 16.5. The molecule has 0 aliphatic heterocycles. The van der Waals surface area contributed by atoms with E-state index in [1.54, 1.807) is 30.5 Å². The van der Waals surface area contributed by atoms with Crippen LogP contribution in [0.25, 0.3) is 0 Å². The van der Waals surface area contributed by atoms with E-state index in [0.29, 0.717) is 36.2 Å². The number of benzene rings is 2. The second kappa shape index (κ2) is 13.2. The molecular formula is C27H33N3O5. The average Bonchev–Trinajstić information content (AvgIpc) is 3.37. The molecule has 8 nitrogen and oxygen atoms in total. The zero-order valence-electron chi connectivity index (χ0n) is 20.5. The van der Waals surface area contributed by atoms with Gasteiger partial charge >= 0.3 is 0 Å². The number of amides is 2. The maximum Gasteiger partial charge on any atom is 0.244 e. The molecule has 0 aliphatic rings. The summed E-state index contributed by atoms with van der Waals surface area (Å²) in [7, 11) is 0. The van der Waals surface area contributed by atoms with Crippen LogP contribution in [0.15, 0.2) is 71.3 Å². The number of carbonyl (C=O) groups excluding carboxylic acids is 2. The molecule has 2 N–H and O–H groups in total. The Balaban J connectivity index is 1.64. The Morgan fingerprint density at radius 1 is 0.971 bits per heavy atom. The molecule has 0 unspecified atom stereocenters. The van der Waals surface area contributed by atoms with Gasteiger partial charge in [-0.1, -0.05) is 24.3 Å². The highest BCUT2D eigenvalue weighted by molar-refractivity contribution is 5.94. The molecular weight excluding hydrogens is 446 g/mol. The summed E-state index contributed by atoms with van der Waals surface area (Å²) < 4.78 is 16.7. The standard InChI is InChI=1S/C27H33N3O5/c1-4-33-24-14-13-21(16-25(24)34-5-2)20(3)28-17-27(32)30(18-23-12-9-15-35-23)19-26(31)29-22-10-7-6-8-11-22/h6-16,20,28H,4-5,17-19H2,1-3H3,(H,29,31)/t20-/m1/s1. The van der Waals surface area contributed by atoms with Crippen molar-refractivity contribution >= 4 is 17.5 Å². The summed E-state index contributed by atoms with van der Waals surface area (Å²) in [5, 5.41) is 6.07. The van der Waals surface area contributed by atoms with Crippen LogP contribution < -0.4 is 20.1 Å². The number of ether oxygens (including phenoxy) is 2. The normalized spacial score (nSPS) is 11.5. The second-order valence-corrected chi connectivity index (χ2v) is 7.92. The maximum atomic E-state index is 13.1. The zero-order valence-corrected chi connectivity index (χ0v) is 20.5. The van der Waals surface area contributed by atoms with Gasteiger partial charge in [0.1, 0.15) is 12.3 Å². The first kappa shape index (κ1) is 25.8. The lowest BCUT2D eigenvalue weighted by atomic mass is 10.1. The fraction of sp³-hybridized carbons (Fsp3) is 0.333. The van der Waals surface area contributed by atoms with Crippen LogP contribution in [0.3, 0.4) is 0 Å². The number of hydrogen-bond acceptors (Lipinski definition) is 6. The van der Waals surface area contributed by atoms with Gasteiger partial charge in [0, 0.05) is 11.7 Å². The van der Waals surface area contributed by atoms with Crippen LogP contribution >= 0.6 is 0 Å². The number of carbonyl (C=O) groups is 2. The number of furan rings is 1. The quantitative estimate of drug-likeness (QED) is 0.378. The monoisotopic (exact) mass is 479 g/mol. The highest BCUT2D eigenvalue weighted by Gasteiger charge is 2.20. The molecule has 186 valence electrons. The number of para-hydroxylation sites is 1. The van der Waals surface area contributed by atoms with Crippen molar-refractivity contribution in [3.63, 3.8) is 0 Å². The number of nitrogens with one attached hydrogen (secondary N) is 2. The van der Waals surface area contributed by atoms with Gasteiger partial charge in [0.05, 0.1) is 32.6 Å². The number of nitrogens with zero attached hydrogens (tertiary/aromatic N) is 1. The van der Waals surface area contributed by atoms with Crippen LogP contribution in [-0.4, -0.2) is 43.0 Å². The molecule has 1 atom stereocenters. The Morgan fingerprint density at radius 2 is 1.71 bits per heavy atom. The van der Waals surface area contributed by atoms with Crippen LogP contribution in [0.5, 0.6) is 11.5 Å². The fourth-order valence-electron chi connectivity index (χ4n) is 3.53. The summed E-state index contributed by atoms with van der Waals surface area (Å²) in [4.78, 5) is 27.2. The summed E-state index contributed by atoms with van der Waals surface area (Å²) in [5.74, 6) is 1.47. The van der Waals surface area contributed by atoms with Gasteiger partial charge < -0.3 is 29.4 Å². The van der Waals surface area contributed by atoms with Gasteiger partial charge in [-0.3, -0.25) is 9.59 Å². The summed E-state index contributed by atoms with van der Waals surface area (Å²) in [5.41, 5.74) is 1.64. The van der Waals surface area contributed by atoms with Crippen LogP contribution in [0.2, 0.25) is 0 Å². The first-order valence-electron chi connectivity index (χ1n) is 11.8. The van der Waals surface area contributed by atoms with E-state index < -0.39 is 0 Å². The van der Waals surface area contributed by atoms with E-state index in [4.69, 9.17) is 13.9 Å². The van der Waals surface area contributed by atoms with Crippen LogP contribution in [-0.2, 0) is 16.1 Å². The third-order valence-electron chi connectivity index (χ3n) is 5.30. The lowest BCUT2D eigenvalue weighted by Crippen LogP contribution is -2.42. The van der Waals surface area contributed by atoms with Crippen molar-refractivity contribution in [1.29, 1.82) is 0 Å². The maximum absolute atomic E-state index is 13.1. The summed E-state index contributed by atoms with van der Waals surface area (Å²) >= 11 is 0. The average molecular weight is 480 g/mol.